The van der Waals surface area contributed by atoms with E-state index in [2.05, 4.69) is 10.3 Å². The topological polar surface area (TPSA) is 46.9 Å². The third-order valence-electron chi connectivity index (χ3n) is 3.88. The van der Waals surface area contributed by atoms with Crippen LogP contribution in [0.2, 0.25) is 0 Å². The molecule has 8 heteroatoms. The highest BCUT2D eigenvalue weighted by Gasteiger charge is 2.31. The van der Waals surface area contributed by atoms with Crippen LogP contribution in [0.1, 0.15) is 27.2 Å². The first-order valence-electron chi connectivity index (χ1n) is 7.94. The molecule has 27 heavy (non-hydrogen) atoms. The zero-order valence-electron chi connectivity index (χ0n) is 14.4. The minimum absolute atomic E-state index is 0.0625. The van der Waals surface area contributed by atoms with Crippen LogP contribution in [0.15, 0.2) is 48.9 Å². The molecule has 140 valence electrons. The number of rotatable bonds is 3. The molecule has 2 aromatic carbocycles. The smallest absolute Gasteiger partial charge is 0.322 e. The lowest BCUT2D eigenvalue weighted by Crippen LogP contribution is -2.15. The van der Waals surface area contributed by atoms with E-state index in [1.807, 2.05) is 35.6 Å². The summed E-state index contributed by atoms with van der Waals surface area (Å²) in [5.41, 5.74) is 1.55. The van der Waals surface area contributed by atoms with Crippen molar-refractivity contribution in [2.75, 3.05) is 5.32 Å². The number of benzene rings is 2. The van der Waals surface area contributed by atoms with Gasteiger partial charge < -0.3 is 9.88 Å². The predicted octanol–water partition coefficient (Wildman–Crippen LogP) is 5.36. The molecule has 1 aromatic heterocycles. The average molecular weight is 485 g/mol. The van der Waals surface area contributed by atoms with E-state index in [9.17, 15) is 18.0 Å². The van der Waals surface area contributed by atoms with Crippen molar-refractivity contribution >= 4 is 34.2 Å². The monoisotopic (exact) mass is 485 g/mol. The summed E-state index contributed by atoms with van der Waals surface area (Å²) in [7, 11) is 0. The van der Waals surface area contributed by atoms with Crippen LogP contribution in [-0.2, 0) is 6.18 Å². The highest BCUT2D eigenvalue weighted by Crippen LogP contribution is 2.33. The average Bonchev–Trinajstić information content (AvgIpc) is 3.00. The number of anilines is 1. The Morgan fingerprint density at radius 1 is 1.15 bits per heavy atom. The Bertz CT molecular complexity index is 1010. The summed E-state index contributed by atoms with van der Waals surface area (Å²) in [4.78, 5) is 16.6. The first kappa shape index (κ1) is 19.4. The molecule has 0 aliphatic carbocycles. The Balaban J connectivity index is 2.00. The highest BCUT2D eigenvalue weighted by atomic mass is 127. The fraction of sp³-hybridized carbons (Fsp3) is 0.158. The summed E-state index contributed by atoms with van der Waals surface area (Å²) in [6.07, 6.45) is -1.49. The first-order valence-corrected chi connectivity index (χ1v) is 9.02. The van der Waals surface area contributed by atoms with Gasteiger partial charge in [0.2, 0.25) is 0 Å². The molecule has 0 saturated carbocycles. The fourth-order valence-corrected chi connectivity index (χ4v) is 3.48. The van der Waals surface area contributed by atoms with Gasteiger partial charge in [0.25, 0.3) is 5.91 Å². The lowest BCUT2D eigenvalue weighted by atomic mass is 10.1. The van der Waals surface area contributed by atoms with E-state index < -0.39 is 17.6 Å². The summed E-state index contributed by atoms with van der Waals surface area (Å²) < 4.78 is 42.1. The summed E-state index contributed by atoms with van der Waals surface area (Å²) in [5, 5.41) is 2.57. The van der Waals surface area contributed by atoms with Crippen LogP contribution in [-0.4, -0.2) is 15.5 Å². The Kier molecular flexibility index (Phi) is 5.27. The standard InChI is InChI=1S/C19H15F3IN3O/c1-11-3-4-16(17(23)5-11)18(27)25-14-6-13(19(20,21)22)7-15(8-14)26-9-12(2)24-10-26/h3-10H,1-2H3,(H,25,27). The second kappa shape index (κ2) is 7.34. The van der Waals surface area contributed by atoms with Crippen molar-refractivity contribution in [3.63, 3.8) is 0 Å². The molecular weight excluding hydrogens is 470 g/mol. The van der Waals surface area contributed by atoms with Crippen LogP contribution >= 0.6 is 22.6 Å². The van der Waals surface area contributed by atoms with Crippen LogP contribution in [0.3, 0.4) is 0 Å². The number of nitrogens with one attached hydrogen (secondary N) is 1. The Morgan fingerprint density at radius 3 is 2.48 bits per heavy atom. The molecule has 1 N–H and O–H groups in total. The molecule has 1 amide bonds. The van der Waals surface area contributed by atoms with Crippen LogP contribution in [0.25, 0.3) is 5.69 Å². The van der Waals surface area contributed by atoms with E-state index in [0.717, 1.165) is 21.3 Å². The summed E-state index contributed by atoms with van der Waals surface area (Å²) in [6.45, 7) is 3.64. The number of hydrogen-bond donors (Lipinski definition) is 1. The molecule has 0 aliphatic heterocycles. The largest absolute Gasteiger partial charge is 0.416 e. The minimum Gasteiger partial charge on any atom is -0.322 e. The maximum absolute atomic E-state index is 13.3. The van der Waals surface area contributed by atoms with Gasteiger partial charge in [0, 0.05) is 21.1 Å². The molecule has 0 radical (unpaired) electrons. The molecule has 0 spiro atoms. The molecule has 1 heterocycles. The summed E-state index contributed by atoms with van der Waals surface area (Å²) in [5.74, 6) is -0.466. The van der Waals surface area contributed by atoms with E-state index in [4.69, 9.17) is 0 Å². The van der Waals surface area contributed by atoms with Crippen LogP contribution in [0.5, 0.6) is 0 Å². The minimum atomic E-state index is -4.54. The predicted molar refractivity (Wildman–Crippen MR) is 105 cm³/mol. The number of halogens is 4. The van der Waals surface area contributed by atoms with E-state index in [-0.39, 0.29) is 11.4 Å². The molecule has 3 aromatic rings. The fourth-order valence-electron chi connectivity index (χ4n) is 2.56. The zero-order chi connectivity index (χ0) is 19.8. The van der Waals surface area contributed by atoms with Gasteiger partial charge in [-0.05, 0) is 66.8 Å². The lowest BCUT2D eigenvalue weighted by Gasteiger charge is -2.14. The molecule has 0 bridgehead atoms. The van der Waals surface area contributed by atoms with Crippen molar-refractivity contribution in [3.8, 4) is 5.69 Å². The van der Waals surface area contributed by atoms with E-state index in [1.54, 1.807) is 25.3 Å². The number of aryl methyl sites for hydroxylation is 2. The van der Waals surface area contributed by atoms with Gasteiger partial charge in [-0.25, -0.2) is 4.98 Å². The number of hydrogen-bond acceptors (Lipinski definition) is 2. The maximum atomic E-state index is 13.3. The third kappa shape index (κ3) is 4.49. The number of alkyl halides is 3. The molecule has 3 rings (SSSR count). The summed E-state index contributed by atoms with van der Waals surface area (Å²) >= 11 is 2.03. The zero-order valence-corrected chi connectivity index (χ0v) is 16.6. The Morgan fingerprint density at radius 2 is 1.89 bits per heavy atom. The quantitative estimate of drug-likeness (QED) is 0.508. The molecular formula is C19H15F3IN3O. The van der Waals surface area contributed by atoms with Gasteiger partial charge in [0.05, 0.1) is 23.1 Å². The highest BCUT2D eigenvalue weighted by molar-refractivity contribution is 14.1. The molecule has 0 aliphatic rings. The number of carbonyl (C=O) groups excluding carboxylic acids is 1. The third-order valence-corrected chi connectivity index (χ3v) is 4.77. The Labute approximate surface area is 167 Å². The van der Waals surface area contributed by atoms with Crippen LogP contribution < -0.4 is 5.32 Å². The maximum Gasteiger partial charge on any atom is 0.416 e. The van der Waals surface area contributed by atoms with E-state index in [1.165, 1.54) is 17.0 Å². The second-order valence-corrected chi connectivity index (χ2v) is 7.29. The molecule has 0 unspecified atom stereocenters. The number of imidazole rings is 1. The number of amides is 1. The van der Waals surface area contributed by atoms with Gasteiger partial charge in [0.15, 0.2) is 0 Å². The van der Waals surface area contributed by atoms with Gasteiger partial charge in [0.1, 0.15) is 0 Å². The van der Waals surface area contributed by atoms with Gasteiger partial charge in [-0.3, -0.25) is 4.79 Å². The van der Waals surface area contributed by atoms with Crippen LogP contribution in [0, 0.1) is 17.4 Å². The van der Waals surface area contributed by atoms with Crippen molar-refractivity contribution in [3.05, 3.63) is 74.9 Å². The normalized spacial score (nSPS) is 11.5. The van der Waals surface area contributed by atoms with Gasteiger partial charge >= 0.3 is 6.18 Å². The van der Waals surface area contributed by atoms with E-state index >= 15 is 0 Å². The number of carbonyl (C=O) groups is 1. The molecule has 0 atom stereocenters. The number of nitrogens with zero attached hydrogens (tertiary/aromatic N) is 2. The van der Waals surface area contributed by atoms with Crippen molar-refractivity contribution < 1.29 is 18.0 Å². The SMILES string of the molecule is Cc1ccc(C(=O)Nc2cc(-n3cnc(C)c3)cc(C(F)(F)F)c2)c(I)c1. The number of aromatic nitrogens is 2. The lowest BCUT2D eigenvalue weighted by molar-refractivity contribution is -0.137. The summed E-state index contributed by atoms with van der Waals surface area (Å²) in [6, 6.07) is 8.69. The molecule has 0 saturated heterocycles. The second-order valence-electron chi connectivity index (χ2n) is 6.13. The van der Waals surface area contributed by atoms with E-state index in [0.29, 0.717) is 11.3 Å². The van der Waals surface area contributed by atoms with Crippen molar-refractivity contribution in [2.45, 2.75) is 20.0 Å². The first-order chi connectivity index (χ1) is 12.6. The molecule has 0 fully saturated rings. The van der Waals surface area contributed by atoms with Gasteiger partial charge in [-0.15, -0.1) is 0 Å². The van der Waals surface area contributed by atoms with Crippen molar-refractivity contribution in [2.24, 2.45) is 0 Å². The molecule has 4 nitrogen and oxygen atoms in total. The van der Waals surface area contributed by atoms with Gasteiger partial charge in [-0.1, -0.05) is 11.6 Å². The van der Waals surface area contributed by atoms with Crippen molar-refractivity contribution in [1.29, 1.82) is 0 Å². The van der Waals surface area contributed by atoms with Crippen LogP contribution in [0.4, 0.5) is 18.9 Å². The van der Waals surface area contributed by atoms with Crippen molar-refractivity contribution in [1.82, 2.24) is 9.55 Å². The Hall–Kier alpha value is -2.36. The van der Waals surface area contributed by atoms with Gasteiger partial charge in [-0.2, -0.15) is 13.2 Å².